The van der Waals surface area contributed by atoms with E-state index in [1.54, 1.807) is 30.2 Å². The maximum atomic E-state index is 11.1. The zero-order chi connectivity index (χ0) is 13.5. The van der Waals surface area contributed by atoms with Crippen molar-refractivity contribution in [3.8, 4) is 11.4 Å². The first-order valence-electron chi connectivity index (χ1n) is 6.00. The summed E-state index contributed by atoms with van der Waals surface area (Å²) in [5, 5.41) is 6.98. The maximum Gasteiger partial charge on any atom is 0.407 e. The molecule has 0 aromatic carbocycles. The third kappa shape index (κ3) is 3.77. The van der Waals surface area contributed by atoms with Crippen molar-refractivity contribution in [2.45, 2.75) is 13.5 Å². The average Bonchev–Trinajstić information content (AvgIpc) is 2.89. The van der Waals surface area contributed by atoms with Gasteiger partial charge in [0.25, 0.3) is 0 Å². The van der Waals surface area contributed by atoms with Crippen molar-refractivity contribution in [1.82, 2.24) is 25.1 Å². The summed E-state index contributed by atoms with van der Waals surface area (Å²) in [5.74, 6) is 0. The van der Waals surface area contributed by atoms with Crippen LogP contribution in [0.3, 0.4) is 0 Å². The Morgan fingerprint density at radius 1 is 1.42 bits per heavy atom. The molecule has 19 heavy (non-hydrogen) atoms. The van der Waals surface area contributed by atoms with Crippen molar-refractivity contribution in [1.29, 1.82) is 0 Å². The van der Waals surface area contributed by atoms with E-state index >= 15 is 0 Å². The summed E-state index contributed by atoms with van der Waals surface area (Å²) in [6, 6.07) is 1.86. The first-order valence-corrected chi connectivity index (χ1v) is 6.00. The highest BCUT2D eigenvalue weighted by atomic mass is 16.5. The molecule has 7 nitrogen and oxygen atoms in total. The number of rotatable bonds is 5. The molecule has 100 valence electrons. The second-order valence-electron chi connectivity index (χ2n) is 3.70. The molecule has 0 fully saturated rings. The summed E-state index contributed by atoms with van der Waals surface area (Å²) in [7, 11) is 0. The van der Waals surface area contributed by atoms with Gasteiger partial charge in [0, 0.05) is 25.1 Å². The fraction of sp³-hybridized carbons (Fsp3) is 0.333. The minimum atomic E-state index is -0.413. The van der Waals surface area contributed by atoms with Crippen LogP contribution in [0.4, 0.5) is 4.79 Å². The van der Waals surface area contributed by atoms with Crippen LogP contribution in [0.2, 0.25) is 0 Å². The molecule has 0 spiro atoms. The molecule has 1 amide bonds. The van der Waals surface area contributed by atoms with Gasteiger partial charge in [-0.05, 0) is 13.0 Å². The molecule has 0 aliphatic heterocycles. The van der Waals surface area contributed by atoms with Crippen LogP contribution in [-0.4, -0.2) is 39.0 Å². The molecule has 2 aromatic rings. The van der Waals surface area contributed by atoms with Crippen molar-refractivity contribution >= 4 is 6.09 Å². The topological polar surface area (TPSA) is 81.9 Å². The Morgan fingerprint density at radius 3 is 3.05 bits per heavy atom. The van der Waals surface area contributed by atoms with Gasteiger partial charge < -0.3 is 10.1 Å². The van der Waals surface area contributed by atoms with Gasteiger partial charge in [0.1, 0.15) is 11.4 Å². The highest BCUT2D eigenvalue weighted by Gasteiger charge is 2.04. The molecule has 1 N–H and O–H groups in total. The number of hydrogen-bond donors (Lipinski definition) is 1. The van der Waals surface area contributed by atoms with Gasteiger partial charge in [-0.3, -0.25) is 14.6 Å². The van der Waals surface area contributed by atoms with E-state index in [1.165, 1.54) is 0 Å². The second-order valence-corrected chi connectivity index (χ2v) is 3.70. The van der Waals surface area contributed by atoms with Crippen molar-refractivity contribution in [2.24, 2.45) is 0 Å². The Labute approximate surface area is 110 Å². The number of aromatic nitrogens is 4. The number of ether oxygens (including phenoxy) is 1. The standard InChI is InChI=1S/C12H15N5O2/c1-2-19-12(18)15-6-8-17-7-3-10(16-17)11-9-13-4-5-14-11/h3-5,7,9H,2,6,8H2,1H3,(H,15,18). The molecule has 2 aromatic heterocycles. The van der Waals surface area contributed by atoms with Gasteiger partial charge in [-0.1, -0.05) is 0 Å². The number of alkyl carbamates (subject to hydrolysis) is 1. The van der Waals surface area contributed by atoms with E-state index < -0.39 is 6.09 Å². The van der Waals surface area contributed by atoms with Gasteiger partial charge >= 0.3 is 6.09 Å². The third-order valence-corrected chi connectivity index (χ3v) is 2.35. The molecule has 0 unspecified atom stereocenters. The summed E-state index contributed by atoms with van der Waals surface area (Å²) in [6.45, 7) is 3.16. The number of hydrogen-bond acceptors (Lipinski definition) is 5. The molecule has 0 aliphatic carbocycles. The Morgan fingerprint density at radius 2 is 2.32 bits per heavy atom. The number of carbonyl (C=O) groups excluding carboxylic acids is 1. The first-order chi connectivity index (χ1) is 9.29. The van der Waals surface area contributed by atoms with E-state index in [1.807, 2.05) is 12.3 Å². The first kappa shape index (κ1) is 13.0. The van der Waals surface area contributed by atoms with E-state index in [9.17, 15) is 4.79 Å². The van der Waals surface area contributed by atoms with Gasteiger partial charge in [-0.2, -0.15) is 5.10 Å². The molecular weight excluding hydrogens is 246 g/mol. The Balaban J connectivity index is 1.86. The Kier molecular flexibility index (Phi) is 4.44. The van der Waals surface area contributed by atoms with Crippen LogP contribution in [-0.2, 0) is 11.3 Å². The summed E-state index contributed by atoms with van der Waals surface area (Å²) in [5.41, 5.74) is 1.48. The highest BCUT2D eigenvalue weighted by Crippen LogP contribution is 2.11. The third-order valence-electron chi connectivity index (χ3n) is 2.35. The van der Waals surface area contributed by atoms with Crippen molar-refractivity contribution in [3.05, 3.63) is 30.9 Å². The monoisotopic (exact) mass is 261 g/mol. The maximum absolute atomic E-state index is 11.1. The Hall–Kier alpha value is -2.44. The molecule has 0 aliphatic rings. The fourth-order valence-corrected chi connectivity index (χ4v) is 1.51. The van der Waals surface area contributed by atoms with Crippen molar-refractivity contribution in [2.75, 3.05) is 13.2 Å². The van der Waals surface area contributed by atoms with E-state index in [2.05, 4.69) is 20.4 Å². The normalized spacial score (nSPS) is 10.2. The summed E-state index contributed by atoms with van der Waals surface area (Å²) in [4.78, 5) is 19.2. The van der Waals surface area contributed by atoms with Crippen molar-refractivity contribution < 1.29 is 9.53 Å². The molecule has 2 heterocycles. The molecule has 0 atom stereocenters. The zero-order valence-electron chi connectivity index (χ0n) is 10.6. The summed E-state index contributed by atoms with van der Waals surface area (Å²) >= 11 is 0. The second kappa shape index (κ2) is 6.48. The highest BCUT2D eigenvalue weighted by molar-refractivity contribution is 5.66. The molecule has 0 saturated carbocycles. The number of carbonyl (C=O) groups is 1. The molecular formula is C12H15N5O2. The fourth-order valence-electron chi connectivity index (χ4n) is 1.51. The van der Waals surface area contributed by atoms with Gasteiger partial charge in [-0.15, -0.1) is 0 Å². The molecule has 2 rings (SSSR count). The SMILES string of the molecule is CCOC(=O)NCCn1ccc(-c2cnccn2)n1. The largest absolute Gasteiger partial charge is 0.450 e. The number of nitrogens with zero attached hydrogens (tertiary/aromatic N) is 4. The van der Waals surface area contributed by atoms with E-state index in [-0.39, 0.29) is 0 Å². The van der Waals surface area contributed by atoms with Crippen LogP contribution < -0.4 is 5.32 Å². The van der Waals surface area contributed by atoms with E-state index in [0.717, 1.165) is 11.4 Å². The minimum absolute atomic E-state index is 0.366. The minimum Gasteiger partial charge on any atom is -0.450 e. The van der Waals surface area contributed by atoms with Crippen LogP contribution in [0.15, 0.2) is 30.9 Å². The van der Waals surface area contributed by atoms with E-state index in [0.29, 0.717) is 19.7 Å². The van der Waals surface area contributed by atoms with Crippen LogP contribution in [0.25, 0.3) is 11.4 Å². The quantitative estimate of drug-likeness (QED) is 0.871. The van der Waals surface area contributed by atoms with Gasteiger partial charge in [-0.25, -0.2) is 4.79 Å². The predicted molar refractivity (Wildman–Crippen MR) is 68.3 cm³/mol. The van der Waals surface area contributed by atoms with Crippen LogP contribution in [0.5, 0.6) is 0 Å². The van der Waals surface area contributed by atoms with Crippen LogP contribution in [0, 0.1) is 0 Å². The van der Waals surface area contributed by atoms with Gasteiger partial charge in [0.05, 0.1) is 19.3 Å². The van der Waals surface area contributed by atoms with Gasteiger partial charge in [0.15, 0.2) is 0 Å². The van der Waals surface area contributed by atoms with E-state index in [4.69, 9.17) is 4.74 Å². The molecule has 0 saturated heterocycles. The lowest BCUT2D eigenvalue weighted by molar-refractivity contribution is 0.152. The van der Waals surface area contributed by atoms with Crippen LogP contribution >= 0.6 is 0 Å². The lowest BCUT2D eigenvalue weighted by Gasteiger charge is -2.04. The number of amides is 1. The average molecular weight is 261 g/mol. The number of nitrogens with one attached hydrogen (secondary N) is 1. The summed E-state index contributed by atoms with van der Waals surface area (Å²) < 4.78 is 6.49. The Bertz CT molecular complexity index is 526. The lowest BCUT2D eigenvalue weighted by Crippen LogP contribution is -2.27. The lowest BCUT2D eigenvalue weighted by atomic mass is 10.3. The van der Waals surface area contributed by atoms with Gasteiger partial charge in [0.2, 0.25) is 0 Å². The molecule has 7 heteroatoms. The molecule has 0 bridgehead atoms. The van der Waals surface area contributed by atoms with Crippen molar-refractivity contribution in [3.63, 3.8) is 0 Å². The smallest absolute Gasteiger partial charge is 0.407 e. The summed E-state index contributed by atoms with van der Waals surface area (Å²) in [6.07, 6.45) is 6.31. The molecule has 0 radical (unpaired) electrons. The van der Waals surface area contributed by atoms with Crippen LogP contribution in [0.1, 0.15) is 6.92 Å². The predicted octanol–water partition coefficient (Wildman–Crippen LogP) is 1.09. The zero-order valence-corrected chi connectivity index (χ0v) is 10.6.